The monoisotopic (exact) mass is 369 g/mol. The van der Waals surface area contributed by atoms with E-state index in [1.165, 1.54) is 0 Å². The molecule has 0 radical (unpaired) electrons. The number of ether oxygens (including phenoxy) is 1. The van der Waals surface area contributed by atoms with Crippen molar-refractivity contribution in [3.63, 3.8) is 0 Å². The van der Waals surface area contributed by atoms with E-state index in [0.717, 1.165) is 23.1 Å². The minimum Gasteiger partial charge on any atom is -0.480 e. The molecule has 0 saturated carbocycles. The fourth-order valence-corrected chi connectivity index (χ4v) is 5.56. The van der Waals surface area contributed by atoms with E-state index >= 15 is 0 Å². The fourth-order valence-electron chi connectivity index (χ4n) is 2.99. The number of H-pyrrole nitrogens is 1. The molecule has 1 aromatic carbocycles. The summed E-state index contributed by atoms with van der Waals surface area (Å²) in [7, 11) is 0. The van der Waals surface area contributed by atoms with E-state index in [2.05, 4.69) is 4.98 Å². The highest BCUT2D eigenvalue weighted by atomic mass is 35.5. The molecule has 3 atom stereocenters. The topological polar surface area (TPSA) is 96.5 Å². The number of rotatable bonds is 1. The van der Waals surface area contributed by atoms with Crippen molar-refractivity contribution < 1.29 is 19.4 Å². The van der Waals surface area contributed by atoms with Gasteiger partial charge in [-0.25, -0.2) is 0 Å². The van der Waals surface area contributed by atoms with Crippen LogP contribution in [0.3, 0.4) is 0 Å². The number of halogens is 1. The smallest absolute Gasteiger partial charge is 0.317 e. The van der Waals surface area contributed by atoms with Crippen molar-refractivity contribution in [2.75, 3.05) is 0 Å². The SMILES string of the molecule is O=C1Oc2ccc(Cl)cc2[C@@H]2c3sc(=O)[nH]c3S[C@H](C(=O)O)[C@H]12. The van der Waals surface area contributed by atoms with Crippen molar-refractivity contribution in [3.8, 4) is 5.75 Å². The van der Waals surface area contributed by atoms with E-state index < -0.39 is 29.0 Å². The Bertz CT molecular complexity index is 905. The summed E-state index contributed by atoms with van der Waals surface area (Å²) in [5.74, 6) is -2.82. The van der Waals surface area contributed by atoms with Gasteiger partial charge in [-0.2, -0.15) is 0 Å². The second kappa shape index (κ2) is 5.12. The maximum Gasteiger partial charge on any atom is 0.317 e. The van der Waals surface area contributed by atoms with E-state index in [-0.39, 0.29) is 4.87 Å². The third-order valence-electron chi connectivity index (χ3n) is 3.89. The Morgan fingerprint density at radius 3 is 2.87 bits per heavy atom. The second-order valence-corrected chi connectivity index (χ2v) is 7.79. The lowest BCUT2D eigenvalue weighted by Gasteiger charge is -2.37. The third kappa shape index (κ3) is 2.20. The molecule has 0 saturated heterocycles. The number of carboxylic acid groups (broad SMARTS) is 1. The lowest BCUT2D eigenvalue weighted by atomic mass is 9.80. The van der Waals surface area contributed by atoms with E-state index in [0.29, 0.717) is 26.2 Å². The Hall–Kier alpha value is -1.77. The van der Waals surface area contributed by atoms with E-state index in [1.54, 1.807) is 18.2 Å². The van der Waals surface area contributed by atoms with Crippen LogP contribution in [0, 0.1) is 5.92 Å². The van der Waals surface area contributed by atoms with Gasteiger partial charge in [-0.3, -0.25) is 14.4 Å². The van der Waals surface area contributed by atoms with Gasteiger partial charge in [-0.15, -0.1) is 0 Å². The molecule has 2 aliphatic rings. The number of carboxylic acids is 1. The molecule has 9 heteroatoms. The van der Waals surface area contributed by atoms with Crippen molar-refractivity contribution in [1.82, 2.24) is 4.98 Å². The molecule has 0 amide bonds. The van der Waals surface area contributed by atoms with E-state index in [9.17, 15) is 19.5 Å². The van der Waals surface area contributed by atoms with Crippen LogP contribution in [-0.4, -0.2) is 27.3 Å². The predicted molar refractivity (Wildman–Crippen MR) is 84.6 cm³/mol. The average Bonchev–Trinajstić information content (AvgIpc) is 2.86. The van der Waals surface area contributed by atoms with Crippen molar-refractivity contribution in [3.05, 3.63) is 43.3 Å². The Balaban J connectivity index is 2.00. The maximum absolute atomic E-state index is 12.4. The molecule has 0 unspecified atom stereocenters. The molecule has 2 aliphatic heterocycles. The molecule has 2 aromatic rings. The van der Waals surface area contributed by atoms with Gasteiger partial charge in [0, 0.05) is 21.4 Å². The van der Waals surface area contributed by atoms with Crippen LogP contribution in [0.4, 0.5) is 0 Å². The summed E-state index contributed by atoms with van der Waals surface area (Å²) in [5.41, 5.74) is 0.630. The number of nitrogens with one attached hydrogen (secondary N) is 1. The minimum atomic E-state index is -1.12. The van der Waals surface area contributed by atoms with Crippen LogP contribution in [0.15, 0.2) is 28.0 Å². The zero-order valence-electron chi connectivity index (χ0n) is 11.2. The number of esters is 1. The van der Waals surface area contributed by atoms with Crippen LogP contribution in [0.1, 0.15) is 16.4 Å². The summed E-state index contributed by atoms with van der Waals surface area (Å²) in [6, 6.07) is 4.84. The van der Waals surface area contributed by atoms with Gasteiger partial charge in [0.2, 0.25) is 0 Å². The molecule has 118 valence electrons. The highest BCUT2D eigenvalue weighted by molar-refractivity contribution is 8.00. The van der Waals surface area contributed by atoms with Gasteiger partial charge >= 0.3 is 16.8 Å². The van der Waals surface area contributed by atoms with Crippen molar-refractivity contribution in [2.24, 2.45) is 5.92 Å². The highest BCUT2D eigenvalue weighted by Gasteiger charge is 2.51. The zero-order chi connectivity index (χ0) is 16.3. The molecule has 2 N–H and O–H groups in total. The fraction of sp³-hybridized carbons (Fsp3) is 0.214. The number of aromatic amines is 1. The lowest BCUT2D eigenvalue weighted by molar-refractivity contribution is -0.147. The summed E-state index contributed by atoms with van der Waals surface area (Å²) in [4.78, 5) is 38.8. The Labute approximate surface area is 142 Å². The molecule has 0 aliphatic carbocycles. The van der Waals surface area contributed by atoms with Crippen LogP contribution in [0.5, 0.6) is 5.75 Å². The maximum atomic E-state index is 12.4. The number of fused-ring (bicyclic) bond motifs is 5. The van der Waals surface area contributed by atoms with Crippen molar-refractivity contribution in [1.29, 1.82) is 0 Å². The van der Waals surface area contributed by atoms with Gasteiger partial charge in [-0.1, -0.05) is 34.7 Å². The average molecular weight is 370 g/mol. The first-order chi connectivity index (χ1) is 11.0. The van der Waals surface area contributed by atoms with Gasteiger partial charge in [0.15, 0.2) is 0 Å². The first-order valence-electron chi connectivity index (χ1n) is 6.59. The number of aromatic nitrogens is 1. The summed E-state index contributed by atoms with van der Waals surface area (Å²) in [6.45, 7) is 0. The number of thiazole rings is 1. The van der Waals surface area contributed by atoms with Gasteiger partial charge in [0.05, 0.1) is 10.9 Å². The molecule has 4 rings (SSSR count). The summed E-state index contributed by atoms with van der Waals surface area (Å²) in [6.07, 6.45) is 0. The highest BCUT2D eigenvalue weighted by Crippen LogP contribution is 2.53. The lowest BCUT2D eigenvalue weighted by Crippen LogP contribution is -2.44. The summed E-state index contributed by atoms with van der Waals surface area (Å²) < 4.78 is 5.30. The number of carbonyl (C=O) groups is 2. The Morgan fingerprint density at radius 2 is 2.13 bits per heavy atom. The molecular formula is C14H8ClNO5S2. The standard InChI is InChI=1S/C14H8ClNO5S2/c15-4-1-2-6-5(3-4)7-8(13(19)21-6)10(12(17)18)22-11-9(7)23-14(20)16-11/h1-3,7-8,10H,(H,16,20)(H,17,18)/t7-,8+,10-/m0/s1. The molecule has 0 spiro atoms. The molecule has 0 fully saturated rings. The van der Waals surface area contributed by atoms with Crippen molar-refractivity contribution in [2.45, 2.75) is 16.2 Å². The summed E-state index contributed by atoms with van der Waals surface area (Å²) >= 11 is 8.01. The van der Waals surface area contributed by atoms with Crippen molar-refractivity contribution >= 4 is 46.6 Å². The van der Waals surface area contributed by atoms with Gasteiger partial charge in [0.1, 0.15) is 11.0 Å². The van der Waals surface area contributed by atoms with E-state index in [4.69, 9.17) is 16.3 Å². The van der Waals surface area contributed by atoms with E-state index in [1.807, 2.05) is 0 Å². The molecular weight excluding hydrogens is 362 g/mol. The normalized spacial score (nSPS) is 25.1. The third-order valence-corrected chi connectivity index (χ3v) is 6.52. The molecule has 3 heterocycles. The van der Waals surface area contributed by atoms with Crippen LogP contribution in [0.2, 0.25) is 5.02 Å². The largest absolute Gasteiger partial charge is 0.480 e. The number of aliphatic carboxylic acids is 1. The first kappa shape index (κ1) is 14.8. The quantitative estimate of drug-likeness (QED) is 0.591. The summed E-state index contributed by atoms with van der Waals surface area (Å²) in [5, 5.41) is 9.40. The Morgan fingerprint density at radius 1 is 1.35 bits per heavy atom. The number of hydrogen-bond acceptors (Lipinski definition) is 6. The molecule has 6 nitrogen and oxygen atoms in total. The first-order valence-corrected chi connectivity index (χ1v) is 8.66. The number of carbonyl (C=O) groups excluding carboxylic acids is 1. The van der Waals surface area contributed by atoms with Crippen LogP contribution >= 0.6 is 34.7 Å². The number of thioether (sulfide) groups is 1. The van der Waals surface area contributed by atoms with Gasteiger partial charge < -0.3 is 14.8 Å². The number of hydrogen-bond donors (Lipinski definition) is 2. The zero-order valence-corrected chi connectivity index (χ0v) is 13.6. The second-order valence-electron chi connectivity index (χ2n) is 5.19. The minimum absolute atomic E-state index is 0.283. The Kier molecular flexibility index (Phi) is 3.29. The molecule has 0 bridgehead atoms. The van der Waals surface area contributed by atoms with Crippen LogP contribution < -0.4 is 9.61 Å². The number of benzene rings is 1. The van der Waals surface area contributed by atoms with Gasteiger partial charge in [0.25, 0.3) is 0 Å². The van der Waals surface area contributed by atoms with Gasteiger partial charge in [-0.05, 0) is 18.2 Å². The van der Waals surface area contributed by atoms with Crippen LogP contribution in [0.25, 0.3) is 0 Å². The van der Waals surface area contributed by atoms with Crippen LogP contribution in [-0.2, 0) is 9.59 Å². The molecule has 23 heavy (non-hydrogen) atoms. The predicted octanol–water partition coefficient (Wildman–Crippen LogP) is 2.32. The molecule has 1 aromatic heterocycles.